The van der Waals surface area contributed by atoms with Crippen LogP contribution in [0.4, 0.5) is 0 Å². The van der Waals surface area contributed by atoms with Crippen LogP contribution in [0.5, 0.6) is 0 Å². The summed E-state index contributed by atoms with van der Waals surface area (Å²) in [6, 6.07) is 4.16. The first-order valence-electron chi connectivity index (χ1n) is 6.22. The van der Waals surface area contributed by atoms with Crippen LogP contribution in [0.25, 0.3) is 10.8 Å². The summed E-state index contributed by atoms with van der Waals surface area (Å²) >= 11 is 0. The zero-order chi connectivity index (χ0) is 20.1. The molecule has 0 fully saturated rings. The van der Waals surface area contributed by atoms with Crippen LogP contribution in [0, 0.1) is 0 Å². The van der Waals surface area contributed by atoms with Gasteiger partial charge in [0.1, 0.15) is 14.7 Å². The Morgan fingerprint density at radius 1 is 0.731 bits per heavy atom. The third-order valence-corrected chi connectivity index (χ3v) is 6.25. The second kappa shape index (κ2) is 6.19. The Balaban J connectivity index is 3.53. The average molecular weight is 424 g/mol. The van der Waals surface area contributed by atoms with Crippen molar-refractivity contribution in [2.24, 2.45) is 0 Å². The fourth-order valence-electron chi connectivity index (χ4n) is 2.40. The van der Waals surface area contributed by atoms with Crippen LogP contribution in [-0.2, 0) is 35.1 Å². The molecule has 2 aromatic rings. The average Bonchev–Trinajstić information content (AvgIpc) is 2.48. The minimum atomic E-state index is -5.73. The molecule has 14 heteroatoms. The van der Waals surface area contributed by atoms with Gasteiger partial charge < -0.3 is 0 Å². The standard InChI is InChI=1S/C12H8O11S3/c13-5-8(14)9-6-3-1-2-4-7(6)10(24(15,16)17)12(26(21,22)23)11(9)25(18,19)20/h1-5H,(H,15,16,17)(H,18,19,20)(H,21,22,23). The van der Waals surface area contributed by atoms with Crippen molar-refractivity contribution >= 4 is 53.2 Å². The van der Waals surface area contributed by atoms with Gasteiger partial charge in [-0.15, -0.1) is 0 Å². The molecule has 11 nitrogen and oxygen atoms in total. The highest BCUT2D eigenvalue weighted by Crippen LogP contribution is 2.39. The number of carbonyl (C=O) groups is 2. The van der Waals surface area contributed by atoms with E-state index in [0.29, 0.717) is 0 Å². The van der Waals surface area contributed by atoms with Crippen molar-refractivity contribution in [3.8, 4) is 0 Å². The van der Waals surface area contributed by atoms with E-state index in [1.807, 2.05) is 0 Å². The topological polar surface area (TPSA) is 197 Å². The molecule has 3 N–H and O–H groups in total. The van der Waals surface area contributed by atoms with Gasteiger partial charge >= 0.3 is 0 Å². The quantitative estimate of drug-likeness (QED) is 0.252. The van der Waals surface area contributed by atoms with Gasteiger partial charge in [-0.2, -0.15) is 25.3 Å². The second-order valence-electron chi connectivity index (χ2n) is 4.82. The number of hydrogen-bond acceptors (Lipinski definition) is 8. The van der Waals surface area contributed by atoms with Gasteiger partial charge in [0.25, 0.3) is 30.4 Å². The Morgan fingerprint density at radius 2 is 1.15 bits per heavy atom. The smallest absolute Gasteiger partial charge is 0.294 e. The maximum Gasteiger partial charge on any atom is 0.297 e. The van der Waals surface area contributed by atoms with Crippen molar-refractivity contribution < 1.29 is 48.5 Å². The van der Waals surface area contributed by atoms with E-state index >= 15 is 0 Å². The maximum atomic E-state index is 11.9. The molecule has 0 radical (unpaired) electrons. The van der Waals surface area contributed by atoms with Crippen LogP contribution in [0.2, 0.25) is 0 Å². The van der Waals surface area contributed by atoms with E-state index in [-0.39, 0.29) is 0 Å². The first-order valence-corrected chi connectivity index (χ1v) is 10.5. The molecule has 0 aliphatic rings. The molecule has 2 aromatic carbocycles. The van der Waals surface area contributed by atoms with Gasteiger partial charge in [0.2, 0.25) is 5.78 Å². The van der Waals surface area contributed by atoms with E-state index in [0.717, 1.165) is 18.2 Å². The van der Waals surface area contributed by atoms with Gasteiger partial charge in [-0.1, -0.05) is 24.3 Å². The van der Waals surface area contributed by atoms with E-state index in [9.17, 15) is 48.5 Å². The highest BCUT2D eigenvalue weighted by atomic mass is 32.2. The molecule has 0 amide bonds. The molecule has 2 rings (SSSR count). The number of benzene rings is 2. The SMILES string of the molecule is O=CC(=O)c1c(S(=O)(=O)O)c(S(=O)(=O)O)c(S(=O)(=O)O)c2ccccc12. The van der Waals surface area contributed by atoms with Crippen LogP contribution >= 0.6 is 0 Å². The minimum absolute atomic E-state index is 0.405. The highest BCUT2D eigenvalue weighted by Gasteiger charge is 2.39. The maximum absolute atomic E-state index is 11.9. The molecule has 26 heavy (non-hydrogen) atoms. The third-order valence-electron chi connectivity index (χ3n) is 3.21. The largest absolute Gasteiger partial charge is 0.297 e. The van der Waals surface area contributed by atoms with Crippen LogP contribution in [0.15, 0.2) is 39.0 Å². The van der Waals surface area contributed by atoms with Crippen molar-refractivity contribution in [1.82, 2.24) is 0 Å². The van der Waals surface area contributed by atoms with E-state index in [4.69, 9.17) is 0 Å². The highest BCUT2D eigenvalue weighted by molar-refractivity contribution is 7.90. The predicted octanol–water partition coefficient (Wildman–Crippen LogP) is -0.0385. The van der Waals surface area contributed by atoms with Crippen LogP contribution in [-0.4, -0.2) is 51.0 Å². The summed E-state index contributed by atoms with van der Waals surface area (Å²) in [6.07, 6.45) is -0.405. The van der Waals surface area contributed by atoms with E-state index < -0.39 is 73.4 Å². The molecule has 0 saturated heterocycles. The van der Waals surface area contributed by atoms with Gasteiger partial charge in [-0.3, -0.25) is 23.2 Å². The molecule has 0 spiro atoms. The fourth-order valence-corrected chi connectivity index (χ4v) is 6.01. The normalized spacial score (nSPS) is 12.9. The van der Waals surface area contributed by atoms with Gasteiger partial charge in [0.15, 0.2) is 6.29 Å². The summed E-state index contributed by atoms with van der Waals surface area (Å²) in [7, 11) is -16.9. The first-order chi connectivity index (χ1) is 11.7. The molecule has 0 aromatic heterocycles. The van der Waals surface area contributed by atoms with Crippen LogP contribution in [0.3, 0.4) is 0 Å². The number of aldehydes is 1. The summed E-state index contributed by atoms with van der Waals surface area (Å²) in [6.45, 7) is 0. The summed E-state index contributed by atoms with van der Waals surface area (Å²) in [5.74, 6) is -1.62. The van der Waals surface area contributed by atoms with E-state index in [2.05, 4.69) is 0 Å². The lowest BCUT2D eigenvalue weighted by Gasteiger charge is -2.16. The van der Waals surface area contributed by atoms with Crippen molar-refractivity contribution in [3.63, 3.8) is 0 Å². The molecule has 0 heterocycles. The predicted molar refractivity (Wildman–Crippen MR) is 83.8 cm³/mol. The van der Waals surface area contributed by atoms with Crippen molar-refractivity contribution in [2.45, 2.75) is 14.7 Å². The molecule has 140 valence electrons. The van der Waals surface area contributed by atoms with Crippen LogP contribution in [0.1, 0.15) is 10.4 Å². The molecular formula is C12H8O11S3. The third kappa shape index (κ3) is 3.37. The lowest BCUT2D eigenvalue weighted by molar-refractivity contribution is -0.104. The fraction of sp³-hybridized carbons (Fsp3) is 0. The molecule has 0 aliphatic heterocycles. The van der Waals surface area contributed by atoms with Crippen LogP contribution < -0.4 is 0 Å². The molecule has 0 atom stereocenters. The number of ketones is 1. The van der Waals surface area contributed by atoms with Gasteiger partial charge in [-0.25, -0.2) is 0 Å². The number of Topliss-reactive ketones (excluding diaryl/α,β-unsaturated/α-hetero) is 1. The molecular weight excluding hydrogens is 416 g/mol. The Labute approximate surface area is 146 Å². The Bertz CT molecular complexity index is 1270. The monoisotopic (exact) mass is 424 g/mol. The Morgan fingerprint density at radius 3 is 1.54 bits per heavy atom. The Hall–Kier alpha value is -2.23. The second-order valence-corrected chi connectivity index (χ2v) is 8.89. The molecule has 0 saturated carbocycles. The first kappa shape index (κ1) is 20.1. The molecule has 0 aliphatic carbocycles. The Kier molecular flexibility index (Phi) is 4.78. The van der Waals surface area contributed by atoms with Crippen molar-refractivity contribution in [2.75, 3.05) is 0 Å². The van der Waals surface area contributed by atoms with Crippen molar-refractivity contribution in [3.05, 3.63) is 29.8 Å². The number of rotatable bonds is 5. The summed E-state index contributed by atoms with van der Waals surface area (Å²) in [4.78, 5) is 17.4. The minimum Gasteiger partial charge on any atom is -0.294 e. The zero-order valence-electron chi connectivity index (χ0n) is 12.2. The van der Waals surface area contributed by atoms with Gasteiger partial charge in [0, 0.05) is 5.39 Å². The number of fused-ring (bicyclic) bond motifs is 1. The van der Waals surface area contributed by atoms with E-state index in [1.165, 1.54) is 6.07 Å². The lowest BCUT2D eigenvalue weighted by Crippen LogP contribution is -2.20. The number of hydrogen-bond donors (Lipinski definition) is 3. The zero-order valence-corrected chi connectivity index (χ0v) is 14.7. The van der Waals surface area contributed by atoms with Gasteiger partial charge in [-0.05, 0) is 5.39 Å². The lowest BCUT2D eigenvalue weighted by atomic mass is 10.0. The van der Waals surface area contributed by atoms with Crippen molar-refractivity contribution in [1.29, 1.82) is 0 Å². The van der Waals surface area contributed by atoms with E-state index in [1.54, 1.807) is 0 Å². The molecule has 0 bridgehead atoms. The number of carbonyl (C=O) groups excluding carboxylic acids is 2. The summed E-state index contributed by atoms with van der Waals surface area (Å²) in [5.41, 5.74) is -1.18. The summed E-state index contributed by atoms with van der Waals surface area (Å²) < 4.78 is 98.2. The van der Waals surface area contributed by atoms with Gasteiger partial charge in [0.05, 0.1) is 5.56 Å². The summed E-state index contributed by atoms with van der Waals surface area (Å²) in [5, 5.41) is -1.25. The molecule has 0 unspecified atom stereocenters.